The lowest BCUT2D eigenvalue weighted by atomic mass is 9.92. The van der Waals surface area contributed by atoms with Crippen molar-refractivity contribution in [2.24, 2.45) is 5.92 Å². The van der Waals surface area contributed by atoms with Gasteiger partial charge in [-0.25, -0.2) is 0 Å². The van der Waals surface area contributed by atoms with Gasteiger partial charge in [0.25, 0.3) is 0 Å². The molecule has 1 saturated carbocycles. The Morgan fingerprint density at radius 1 is 1.33 bits per heavy atom. The molecule has 2 rings (SSSR count). The van der Waals surface area contributed by atoms with E-state index in [1.807, 2.05) is 0 Å². The molecule has 1 N–H and O–H groups in total. The van der Waals surface area contributed by atoms with Gasteiger partial charge >= 0.3 is 0 Å². The number of hydrogen-bond acceptors (Lipinski definition) is 2. The minimum absolute atomic E-state index is 0.403. The molecule has 3 heteroatoms. The fourth-order valence-electron chi connectivity index (χ4n) is 3.34. The van der Waals surface area contributed by atoms with E-state index in [1.165, 1.54) is 47.7 Å². The largest absolute Gasteiger partial charge is 0.496 e. The van der Waals surface area contributed by atoms with Crippen LogP contribution in [0.25, 0.3) is 0 Å². The van der Waals surface area contributed by atoms with Crippen LogP contribution in [0, 0.1) is 12.8 Å². The van der Waals surface area contributed by atoms with Crippen molar-refractivity contribution in [3.8, 4) is 5.75 Å². The van der Waals surface area contributed by atoms with Gasteiger partial charge in [-0.05, 0) is 49.9 Å². The molecule has 0 spiro atoms. The second-order valence-electron chi connectivity index (χ2n) is 6.24. The van der Waals surface area contributed by atoms with Gasteiger partial charge in [-0.1, -0.05) is 48.5 Å². The Hall–Kier alpha value is -0.540. The average molecular weight is 354 g/mol. The van der Waals surface area contributed by atoms with Crippen molar-refractivity contribution >= 4 is 15.9 Å². The van der Waals surface area contributed by atoms with E-state index in [0.717, 1.165) is 24.6 Å². The summed E-state index contributed by atoms with van der Waals surface area (Å²) in [5.74, 6) is 1.88. The lowest BCUT2D eigenvalue weighted by molar-refractivity contribution is 0.367. The third-order valence-corrected chi connectivity index (χ3v) is 5.43. The van der Waals surface area contributed by atoms with Gasteiger partial charge in [0.2, 0.25) is 0 Å². The summed E-state index contributed by atoms with van der Waals surface area (Å²) in [4.78, 5) is 0. The molecule has 118 valence electrons. The Balaban J connectivity index is 2.23. The maximum atomic E-state index is 5.65. The molecule has 2 nitrogen and oxygen atoms in total. The van der Waals surface area contributed by atoms with E-state index in [0.29, 0.717) is 6.04 Å². The van der Waals surface area contributed by atoms with E-state index in [2.05, 4.69) is 47.2 Å². The average Bonchev–Trinajstić information content (AvgIpc) is 2.99. The van der Waals surface area contributed by atoms with Crippen LogP contribution < -0.4 is 10.1 Å². The molecule has 0 heterocycles. The molecular weight excluding hydrogens is 326 g/mol. The van der Waals surface area contributed by atoms with Gasteiger partial charge < -0.3 is 10.1 Å². The number of rotatable bonds is 7. The van der Waals surface area contributed by atoms with Gasteiger partial charge in [0.1, 0.15) is 5.75 Å². The Labute approximate surface area is 137 Å². The summed E-state index contributed by atoms with van der Waals surface area (Å²) in [6, 6.07) is 4.80. The Morgan fingerprint density at radius 2 is 2.05 bits per heavy atom. The maximum absolute atomic E-state index is 5.65. The summed E-state index contributed by atoms with van der Waals surface area (Å²) in [5, 5.41) is 3.73. The van der Waals surface area contributed by atoms with E-state index in [1.54, 1.807) is 7.11 Å². The smallest absolute Gasteiger partial charge is 0.123 e. The molecule has 1 aromatic rings. The molecule has 1 aromatic carbocycles. The minimum atomic E-state index is 0.403. The first kappa shape index (κ1) is 16.8. The van der Waals surface area contributed by atoms with E-state index in [4.69, 9.17) is 4.74 Å². The SMILES string of the molecule is CCCNC(CC1CCCC1)c1cc(Br)c(C)cc1OC. The fraction of sp³-hybridized carbons (Fsp3) is 0.667. The van der Waals surface area contributed by atoms with Crippen LogP contribution in [0.1, 0.15) is 62.6 Å². The fourth-order valence-corrected chi connectivity index (χ4v) is 3.70. The van der Waals surface area contributed by atoms with Crippen molar-refractivity contribution in [2.75, 3.05) is 13.7 Å². The zero-order valence-electron chi connectivity index (χ0n) is 13.5. The van der Waals surface area contributed by atoms with Crippen LogP contribution in [0.2, 0.25) is 0 Å². The van der Waals surface area contributed by atoms with E-state index < -0.39 is 0 Å². The highest BCUT2D eigenvalue weighted by Crippen LogP contribution is 2.38. The molecule has 1 fully saturated rings. The number of aryl methyl sites for hydroxylation is 1. The predicted octanol–water partition coefficient (Wildman–Crippen LogP) is 5.39. The van der Waals surface area contributed by atoms with Crippen molar-refractivity contribution in [2.45, 2.75) is 58.4 Å². The van der Waals surface area contributed by atoms with E-state index >= 15 is 0 Å². The second-order valence-corrected chi connectivity index (χ2v) is 7.09. The molecule has 0 amide bonds. The third kappa shape index (κ3) is 4.46. The summed E-state index contributed by atoms with van der Waals surface area (Å²) in [6.07, 6.45) is 7.97. The Bertz CT molecular complexity index is 455. The molecule has 0 bridgehead atoms. The zero-order chi connectivity index (χ0) is 15.2. The Morgan fingerprint density at radius 3 is 2.67 bits per heavy atom. The number of ether oxygens (including phenoxy) is 1. The molecule has 0 aliphatic heterocycles. The van der Waals surface area contributed by atoms with Crippen molar-refractivity contribution in [3.05, 3.63) is 27.7 Å². The van der Waals surface area contributed by atoms with E-state index in [9.17, 15) is 0 Å². The highest BCUT2D eigenvalue weighted by molar-refractivity contribution is 9.10. The third-order valence-electron chi connectivity index (χ3n) is 4.57. The highest BCUT2D eigenvalue weighted by atomic mass is 79.9. The molecule has 0 aromatic heterocycles. The molecule has 1 unspecified atom stereocenters. The number of nitrogens with one attached hydrogen (secondary N) is 1. The van der Waals surface area contributed by atoms with Gasteiger partial charge in [-0.2, -0.15) is 0 Å². The lowest BCUT2D eigenvalue weighted by Gasteiger charge is -2.25. The summed E-state index contributed by atoms with van der Waals surface area (Å²) >= 11 is 3.68. The van der Waals surface area contributed by atoms with Crippen molar-refractivity contribution in [3.63, 3.8) is 0 Å². The monoisotopic (exact) mass is 353 g/mol. The standard InChI is InChI=1S/C18H28BrNO/c1-4-9-20-17(11-14-7-5-6-8-14)15-12-16(19)13(2)10-18(15)21-3/h10,12,14,17,20H,4-9,11H2,1-3H3. The first-order valence-electron chi connectivity index (χ1n) is 8.23. The molecule has 1 aliphatic rings. The molecule has 1 atom stereocenters. The lowest BCUT2D eigenvalue weighted by Crippen LogP contribution is -2.24. The van der Waals surface area contributed by atoms with Crippen LogP contribution in [-0.4, -0.2) is 13.7 Å². The topological polar surface area (TPSA) is 21.3 Å². The zero-order valence-corrected chi connectivity index (χ0v) is 15.1. The number of hydrogen-bond donors (Lipinski definition) is 1. The van der Waals surface area contributed by atoms with Crippen molar-refractivity contribution in [1.82, 2.24) is 5.32 Å². The summed E-state index contributed by atoms with van der Waals surface area (Å²) in [6.45, 7) is 5.40. The first-order valence-corrected chi connectivity index (χ1v) is 9.02. The minimum Gasteiger partial charge on any atom is -0.496 e. The van der Waals surface area contributed by atoms with Crippen LogP contribution in [-0.2, 0) is 0 Å². The number of benzene rings is 1. The number of methoxy groups -OCH3 is 1. The normalized spacial score (nSPS) is 17.1. The maximum Gasteiger partial charge on any atom is 0.123 e. The summed E-state index contributed by atoms with van der Waals surface area (Å²) in [5.41, 5.74) is 2.53. The van der Waals surface area contributed by atoms with Crippen LogP contribution in [0.15, 0.2) is 16.6 Å². The van der Waals surface area contributed by atoms with Crippen LogP contribution in [0.3, 0.4) is 0 Å². The Kier molecular flexibility index (Phi) is 6.56. The molecular formula is C18H28BrNO. The van der Waals surface area contributed by atoms with Gasteiger partial charge in [-0.15, -0.1) is 0 Å². The molecule has 0 saturated heterocycles. The summed E-state index contributed by atoms with van der Waals surface area (Å²) in [7, 11) is 1.78. The van der Waals surface area contributed by atoms with Gasteiger partial charge in [0.05, 0.1) is 7.11 Å². The van der Waals surface area contributed by atoms with Gasteiger partial charge in [0.15, 0.2) is 0 Å². The highest BCUT2D eigenvalue weighted by Gasteiger charge is 2.23. The number of halogens is 1. The second kappa shape index (κ2) is 8.19. The van der Waals surface area contributed by atoms with Crippen molar-refractivity contribution < 1.29 is 4.74 Å². The van der Waals surface area contributed by atoms with Gasteiger partial charge in [-0.3, -0.25) is 0 Å². The van der Waals surface area contributed by atoms with Gasteiger partial charge in [0, 0.05) is 16.1 Å². The van der Waals surface area contributed by atoms with Crippen LogP contribution in [0.4, 0.5) is 0 Å². The predicted molar refractivity (Wildman–Crippen MR) is 93.0 cm³/mol. The van der Waals surface area contributed by atoms with Crippen LogP contribution in [0.5, 0.6) is 5.75 Å². The molecule has 1 aliphatic carbocycles. The van der Waals surface area contributed by atoms with Crippen molar-refractivity contribution in [1.29, 1.82) is 0 Å². The summed E-state index contributed by atoms with van der Waals surface area (Å²) < 4.78 is 6.82. The molecule has 0 radical (unpaired) electrons. The quantitative estimate of drug-likeness (QED) is 0.709. The first-order chi connectivity index (χ1) is 10.2. The van der Waals surface area contributed by atoms with Crippen LogP contribution >= 0.6 is 15.9 Å². The van der Waals surface area contributed by atoms with E-state index in [-0.39, 0.29) is 0 Å². The molecule has 21 heavy (non-hydrogen) atoms.